The van der Waals surface area contributed by atoms with Gasteiger partial charge in [0.2, 0.25) is 5.91 Å². The largest absolute Gasteiger partial charge is 0.462 e. The lowest BCUT2D eigenvalue weighted by molar-refractivity contribution is -0.115. The van der Waals surface area contributed by atoms with E-state index in [0.29, 0.717) is 29.1 Å². The minimum absolute atomic E-state index is 0.168. The van der Waals surface area contributed by atoms with Crippen molar-refractivity contribution >= 4 is 40.9 Å². The Labute approximate surface area is 226 Å². The quantitative estimate of drug-likeness (QED) is 0.184. The Kier molecular flexibility index (Phi) is 8.95. The number of benzene rings is 4. The molecule has 0 aliphatic rings. The van der Waals surface area contributed by atoms with Crippen molar-refractivity contribution in [2.45, 2.75) is 24.0 Å². The first-order valence-electron chi connectivity index (χ1n) is 12.2. The van der Waals surface area contributed by atoms with E-state index in [2.05, 4.69) is 10.6 Å². The predicted octanol–water partition coefficient (Wildman–Crippen LogP) is 6.90. The molecule has 0 aromatic heterocycles. The fourth-order valence-electron chi connectivity index (χ4n) is 3.79. The predicted molar refractivity (Wildman–Crippen MR) is 152 cm³/mol. The molecule has 0 aliphatic carbocycles. The molecule has 192 valence electrons. The van der Waals surface area contributed by atoms with E-state index in [9.17, 15) is 14.4 Å². The molecule has 2 amide bonds. The van der Waals surface area contributed by atoms with Crippen molar-refractivity contribution in [3.63, 3.8) is 0 Å². The minimum Gasteiger partial charge on any atom is -0.462 e. The standard InChI is InChI=1S/C31H28N2O4S/c1-3-37-31(36)23-13-15-24(16-14-23)33-30(35)28(22-10-5-4-6-11-22)38-26-19-17-25(18-20-26)32-29(34)27-12-8-7-9-21(27)2/h4-20,28H,3H2,1-2H3,(H,32,34)(H,33,35). The number of thioether (sulfide) groups is 1. The number of carbonyl (C=O) groups is 3. The van der Waals surface area contributed by atoms with Gasteiger partial charge < -0.3 is 15.4 Å². The first-order chi connectivity index (χ1) is 18.4. The molecule has 2 N–H and O–H groups in total. The van der Waals surface area contributed by atoms with Crippen LogP contribution < -0.4 is 10.6 Å². The molecule has 0 saturated heterocycles. The average Bonchev–Trinajstić information content (AvgIpc) is 2.93. The van der Waals surface area contributed by atoms with Gasteiger partial charge in [-0.1, -0.05) is 48.5 Å². The normalized spacial score (nSPS) is 11.3. The highest BCUT2D eigenvalue weighted by atomic mass is 32.2. The molecule has 0 saturated carbocycles. The molecule has 0 radical (unpaired) electrons. The lowest BCUT2D eigenvalue weighted by atomic mass is 10.1. The zero-order valence-electron chi connectivity index (χ0n) is 21.1. The van der Waals surface area contributed by atoms with E-state index in [1.54, 1.807) is 37.3 Å². The number of rotatable bonds is 9. The van der Waals surface area contributed by atoms with Gasteiger partial charge in [0.25, 0.3) is 5.91 Å². The van der Waals surface area contributed by atoms with Crippen molar-refractivity contribution in [1.29, 1.82) is 0 Å². The summed E-state index contributed by atoms with van der Waals surface area (Å²) in [4.78, 5) is 38.8. The van der Waals surface area contributed by atoms with E-state index in [1.165, 1.54) is 11.8 Å². The van der Waals surface area contributed by atoms with E-state index < -0.39 is 11.2 Å². The maximum Gasteiger partial charge on any atom is 0.338 e. The van der Waals surface area contributed by atoms with E-state index >= 15 is 0 Å². The number of anilines is 2. The molecule has 4 aromatic rings. The zero-order valence-corrected chi connectivity index (χ0v) is 22.0. The van der Waals surface area contributed by atoms with E-state index in [4.69, 9.17) is 4.74 Å². The van der Waals surface area contributed by atoms with Crippen molar-refractivity contribution in [2.24, 2.45) is 0 Å². The smallest absolute Gasteiger partial charge is 0.338 e. The maximum atomic E-state index is 13.4. The number of nitrogens with one attached hydrogen (secondary N) is 2. The lowest BCUT2D eigenvalue weighted by Crippen LogP contribution is -2.19. The van der Waals surface area contributed by atoms with Crippen LogP contribution in [0.25, 0.3) is 0 Å². The molecule has 1 atom stereocenters. The fraction of sp³-hybridized carbons (Fsp3) is 0.129. The number of aryl methyl sites for hydroxylation is 1. The first-order valence-corrected chi connectivity index (χ1v) is 13.1. The van der Waals surface area contributed by atoms with Crippen LogP contribution in [0.5, 0.6) is 0 Å². The van der Waals surface area contributed by atoms with Crippen LogP contribution in [0.1, 0.15) is 44.0 Å². The summed E-state index contributed by atoms with van der Waals surface area (Å²) in [5.41, 5.74) is 4.07. The molecule has 4 aromatic carbocycles. The van der Waals surface area contributed by atoms with Gasteiger partial charge in [-0.25, -0.2) is 4.79 Å². The van der Waals surface area contributed by atoms with Gasteiger partial charge in [0.1, 0.15) is 5.25 Å². The fourth-order valence-corrected chi connectivity index (χ4v) is 4.82. The molecule has 0 heterocycles. The molecule has 4 rings (SSSR count). The van der Waals surface area contributed by atoms with Crippen LogP contribution in [-0.2, 0) is 9.53 Å². The SMILES string of the molecule is CCOC(=O)c1ccc(NC(=O)C(Sc2ccc(NC(=O)c3ccccc3C)cc2)c2ccccc2)cc1. The summed E-state index contributed by atoms with van der Waals surface area (Å²) in [5, 5.41) is 5.36. The molecular formula is C31H28N2O4S. The van der Waals surface area contributed by atoms with E-state index in [-0.39, 0.29) is 11.8 Å². The highest BCUT2D eigenvalue weighted by Gasteiger charge is 2.22. The summed E-state index contributed by atoms with van der Waals surface area (Å²) in [6.07, 6.45) is 0. The van der Waals surface area contributed by atoms with Gasteiger partial charge in [0.15, 0.2) is 0 Å². The summed E-state index contributed by atoms with van der Waals surface area (Å²) in [6, 6.07) is 31.0. The van der Waals surface area contributed by atoms with Crippen LogP contribution in [0, 0.1) is 6.92 Å². The van der Waals surface area contributed by atoms with Crippen molar-refractivity contribution in [3.8, 4) is 0 Å². The number of hydrogen-bond donors (Lipinski definition) is 2. The van der Waals surface area contributed by atoms with Crippen molar-refractivity contribution in [3.05, 3.63) is 125 Å². The molecule has 0 fully saturated rings. The van der Waals surface area contributed by atoms with Gasteiger partial charge in [0.05, 0.1) is 12.2 Å². The third-order valence-corrected chi connectivity index (χ3v) is 7.03. The number of amides is 2. The lowest BCUT2D eigenvalue weighted by Gasteiger charge is -2.17. The van der Waals surface area contributed by atoms with Crippen LogP contribution in [0.3, 0.4) is 0 Å². The number of esters is 1. The Morgan fingerprint density at radius 3 is 2.03 bits per heavy atom. The molecule has 0 bridgehead atoms. The maximum absolute atomic E-state index is 13.4. The Morgan fingerprint density at radius 1 is 0.763 bits per heavy atom. The third-order valence-electron chi connectivity index (χ3n) is 5.76. The second-order valence-electron chi connectivity index (χ2n) is 8.49. The highest BCUT2D eigenvalue weighted by molar-refractivity contribution is 8.00. The summed E-state index contributed by atoms with van der Waals surface area (Å²) in [7, 11) is 0. The Hall–Kier alpha value is -4.36. The van der Waals surface area contributed by atoms with Crippen LogP contribution >= 0.6 is 11.8 Å². The van der Waals surface area contributed by atoms with Crippen LogP contribution in [0.2, 0.25) is 0 Å². The Bertz CT molecular complexity index is 1400. The minimum atomic E-state index is -0.520. The van der Waals surface area contributed by atoms with Gasteiger partial charge in [-0.2, -0.15) is 0 Å². The number of carbonyl (C=O) groups excluding carboxylic acids is 3. The molecule has 6 nitrogen and oxygen atoms in total. The summed E-state index contributed by atoms with van der Waals surface area (Å²) in [6.45, 7) is 3.95. The summed E-state index contributed by atoms with van der Waals surface area (Å²) in [5.74, 6) is -0.761. The molecular weight excluding hydrogens is 496 g/mol. The summed E-state index contributed by atoms with van der Waals surface area (Å²) < 4.78 is 5.02. The van der Waals surface area contributed by atoms with Gasteiger partial charge in [-0.3, -0.25) is 9.59 Å². The number of ether oxygens (including phenoxy) is 1. The second-order valence-corrected chi connectivity index (χ2v) is 9.67. The monoisotopic (exact) mass is 524 g/mol. The van der Waals surface area contributed by atoms with Gasteiger partial charge >= 0.3 is 5.97 Å². The zero-order chi connectivity index (χ0) is 26.9. The van der Waals surface area contributed by atoms with Crippen LogP contribution in [0.4, 0.5) is 11.4 Å². The second kappa shape index (κ2) is 12.7. The average molecular weight is 525 g/mol. The van der Waals surface area contributed by atoms with Crippen LogP contribution in [0.15, 0.2) is 108 Å². The van der Waals surface area contributed by atoms with Gasteiger partial charge in [-0.15, -0.1) is 11.8 Å². The molecule has 0 aliphatic heterocycles. The molecule has 38 heavy (non-hydrogen) atoms. The summed E-state index contributed by atoms with van der Waals surface area (Å²) >= 11 is 1.41. The topological polar surface area (TPSA) is 84.5 Å². The highest BCUT2D eigenvalue weighted by Crippen LogP contribution is 2.36. The third kappa shape index (κ3) is 6.89. The van der Waals surface area contributed by atoms with Crippen molar-refractivity contribution < 1.29 is 19.1 Å². The molecule has 0 spiro atoms. The first kappa shape index (κ1) is 26.7. The van der Waals surface area contributed by atoms with Crippen molar-refractivity contribution in [2.75, 3.05) is 17.2 Å². The van der Waals surface area contributed by atoms with Gasteiger partial charge in [0, 0.05) is 21.8 Å². The van der Waals surface area contributed by atoms with Crippen molar-refractivity contribution in [1.82, 2.24) is 0 Å². The van der Waals surface area contributed by atoms with E-state index in [1.807, 2.05) is 79.7 Å². The van der Waals surface area contributed by atoms with Crippen LogP contribution in [-0.4, -0.2) is 24.4 Å². The van der Waals surface area contributed by atoms with Gasteiger partial charge in [-0.05, 0) is 79.6 Å². The molecule has 1 unspecified atom stereocenters. The van der Waals surface area contributed by atoms with E-state index in [0.717, 1.165) is 16.0 Å². The number of hydrogen-bond acceptors (Lipinski definition) is 5. The molecule has 7 heteroatoms. The Balaban J connectivity index is 1.46. The Morgan fingerprint density at radius 2 is 1.37 bits per heavy atom.